The van der Waals surface area contributed by atoms with E-state index in [2.05, 4.69) is 20.3 Å². The van der Waals surface area contributed by atoms with E-state index < -0.39 is 12.6 Å². The second-order valence-electron chi connectivity index (χ2n) is 7.48. The highest BCUT2D eigenvalue weighted by Crippen LogP contribution is 2.35. The van der Waals surface area contributed by atoms with Crippen LogP contribution < -0.4 is 10.2 Å². The lowest BCUT2D eigenvalue weighted by Gasteiger charge is -2.19. The molecule has 164 valence electrons. The number of imidazole rings is 1. The van der Waals surface area contributed by atoms with E-state index in [4.69, 9.17) is 0 Å². The molecule has 1 fully saturated rings. The predicted molar refractivity (Wildman–Crippen MR) is 118 cm³/mol. The summed E-state index contributed by atoms with van der Waals surface area (Å²) in [6.45, 7) is 0.690. The van der Waals surface area contributed by atoms with Crippen molar-refractivity contribution in [3.8, 4) is 11.4 Å². The molecule has 2 aromatic carbocycles. The molecular weight excluding hydrogens is 439 g/mol. The molecule has 0 aliphatic carbocycles. The monoisotopic (exact) mass is 457 g/mol. The molecule has 1 aliphatic heterocycles. The number of hydrogen-bond donors (Lipinski definition) is 2. The van der Waals surface area contributed by atoms with E-state index in [1.165, 1.54) is 17.4 Å². The topological polar surface area (TPSA) is 73.9 Å². The van der Waals surface area contributed by atoms with Crippen LogP contribution in [0, 0.1) is 0 Å². The molecule has 0 spiro atoms. The van der Waals surface area contributed by atoms with Gasteiger partial charge in [-0.15, -0.1) is 11.3 Å². The summed E-state index contributed by atoms with van der Waals surface area (Å²) in [7, 11) is 0. The van der Waals surface area contributed by atoms with E-state index in [0.717, 1.165) is 0 Å². The van der Waals surface area contributed by atoms with Crippen molar-refractivity contribution in [2.75, 3.05) is 23.3 Å². The molecule has 1 aliphatic rings. The number of rotatable bonds is 5. The number of carbonyl (C=O) groups is 1. The van der Waals surface area contributed by atoms with Crippen LogP contribution in [-0.2, 0) is 0 Å². The third-order valence-corrected chi connectivity index (χ3v) is 6.12. The Morgan fingerprint density at radius 3 is 2.88 bits per heavy atom. The minimum absolute atomic E-state index is 0.197. The summed E-state index contributed by atoms with van der Waals surface area (Å²) in [5.74, 6) is -0.149. The quantitative estimate of drug-likeness (QED) is 0.419. The van der Waals surface area contributed by atoms with Crippen LogP contribution >= 0.6 is 11.3 Å². The Morgan fingerprint density at radius 2 is 2.16 bits per heavy atom. The summed E-state index contributed by atoms with van der Waals surface area (Å²) in [6, 6.07) is 9.69. The molecular formula is C22H18F3N5OS. The Kier molecular flexibility index (Phi) is 5.30. The first-order valence-corrected chi connectivity index (χ1v) is 10.9. The third kappa shape index (κ3) is 3.81. The van der Waals surface area contributed by atoms with Crippen molar-refractivity contribution in [3.63, 3.8) is 0 Å². The molecule has 5 rings (SSSR count). The molecule has 6 nitrogen and oxygen atoms in total. The van der Waals surface area contributed by atoms with Gasteiger partial charge in [0.25, 0.3) is 12.3 Å². The number of anilines is 2. The summed E-state index contributed by atoms with van der Waals surface area (Å²) in [5, 5.41) is 4.91. The second-order valence-corrected chi connectivity index (χ2v) is 8.38. The van der Waals surface area contributed by atoms with Crippen LogP contribution in [0.1, 0.15) is 28.8 Å². The number of H-pyrrole nitrogens is 1. The van der Waals surface area contributed by atoms with Gasteiger partial charge < -0.3 is 9.88 Å². The first-order valence-electron chi connectivity index (χ1n) is 10.0. The number of benzene rings is 2. The number of alkyl halides is 3. The number of nitrogens with one attached hydrogen (secondary N) is 2. The number of amides is 1. The smallest absolute Gasteiger partial charge is 0.264 e. The number of thiazole rings is 1. The normalized spacial score (nSPS) is 16.2. The molecule has 4 aromatic rings. The van der Waals surface area contributed by atoms with Gasteiger partial charge in [0.15, 0.2) is 5.13 Å². The first-order chi connectivity index (χ1) is 15.5. The SMILES string of the molecule is O=C(Nc1nccs1)c1cccc2[nH]c(-c3ccc(N4CC[C@H](F)C4)cc3C(F)F)nc12. The van der Waals surface area contributed by atoms with Gasteiger partial charge in [0.1, 0.15) is 17.5 Å². The van der Waals surface area contributed by atoms with E-state index in [1.807, 2.05) is 0 Å². The van der Waals surface area contributed by atoms with Crippen LogP contribution in [0.15, 0.2) is 48.0 Å². The average Bonchev–Trinajstić information content (AvgIpc) is 3.53. The maximum atomic E-state index is 13.9. The van der Waals surface area contributed by atoms with Crippen molar-refractivity contribution in [2.24, 2.45) is 0 Å². The van der Waals surface area contributed by atoms with Gasteiger partial charge >= 0.3 is 0 Å². The summed E-state index contributed by atoms with van der Waals surface area (Å²) in [6.07, 6.45) is -1.72. The van der Waals surface area contributed by atoms with Crippen LogP contribution in [0.25, 0.3) is 22.4 Å². The molecule has 1 amide bonds. The average molecular weight is 457 g/mol. The number of fused-ring (bicyclic) bond motifs is 1. The number of carbonyl (C=O) groups excluding carboxylic acids is 1. The maximum Gasteiger partial charge on any atom is 0.264 e. The van der Waals surface area contributed by atoms with E-state index in [1.54, 1.807) is 46.8 Å². The number of hydrogen-bond acceptors (Lipinski definition) is 5. The van der Waals surface area contributed by atoms with Crippen molar-refractivity contribution in [1.29, 1.82) is 0 Å². The fourth-order valence-electron chi connectivity index (χ4n) is 3.89. The van der Waals surface area contributed by atoms with Crippen LogP contribution in [-0.4, -0.2) is 40.1 Å². The van der Waals surface area contributed by atoms with Crippen LogP contribution in [0.5, 0.6) is 0 Å². The molecule has 32 heavy (non-hydrogen) atoms. The fraction of sp³-hybridized carbons (Fsp3) is 0.227. The van der Waals surface area contributed by atoms with E-state index in [0.29, 0.717) is 40.4 Å². The van der Waals surface area contributed by atoms with Crippen molar-refractivity contribution in [2.45, 2.75) is 19.0 Å². The number of aromatic amines is 1. The molecule has 3 heterocycles. The summed E-state index contributed by atoms with van der Waals surface area (Å²) >= 11 is 1.29. The highest BCUT2D eigenvalue weighted by atomic mass is 32.1. The highest BCUT2D eigenvalue weighted by molar-refractivity contribution is 7.13. The molecule has 0 radical (unpaired) electrons. The molecule has 2 aromatic heterocycles. The zero-order valence-corrected chi connectivity index (χ0v) is 17.5. The van der Waals surface area contributed by atoms with Gasteiger partial charge in [-0.1, -0.05) is 6.07 Å². The van der Waals surface area contributed by atoms with Crippen molar-refractivity contribution >= 4 is 39.1 Å². The lowest BCUT2D eigenvalue weighted by atomic mass is 10.1. The Hall–Kier alpha value is -3.40. The van der Waals surface area contributed by atoms with Gasteiger partial charge in [-0.3, -0.25) is 10.1 Å². The van der Waals surface area contributed by atoms with Crippen molar-refractivity contribution in [3.05, 3.63) is 59.1 Å². The zero-order valence-electron chi connectivity index (χ0n) is 16.7. The number of para-hydroxylation sites is 1. The largest absolute Gasteiger partial charge is 0.368 e. The lowest BCUT2D eigenvalue weighted by Crippen LogP contribution is -2.20. The molecule has 10 heteroatoms. The lowest BCUT2D eigenvalue weighted by molar-refractivity contribution is 0.102. The predicted octanol–water partition coefficient (Wildman–Crippen LogP) is 5.42. The number of nitrogens with zero attached hydrogens (tertiary/aromatic N) is 3. The Balaban J connectivity index is 1.52. The van der Waals surface area contributed by atoms with Crippen LogP contribution in [0.3, 0.4) is 0 Å². The molecule has 2 N–H and O–H groups in total. The highest BCUT2D eigenvalue weighted by Gasteiger charge is 2.25. The Morgan fingerprint density at radius 1 is 1.28 bits per heavy atom. The Bertz CT molecular complexity index is 1270. The van der Waals surface area contributed by atoms with E-state index >= 15 is 0 Å². The summed E-state index contributed by atoms with van der Waals surface area (Å²) in [4.78, 5) is 26.0. The molecule has 0 bridgehead atoms. The van der Waals surface area contributed by atoms with Gasteiger partial charge in [0, 0.05) is 41.5 Å². The second kappa shape index (κ2) is 8.27. The van der Waals surface area contributed by atoms with Gasteiger partial charge in [-0.2, -0.15) is 0 Å². The minimum atomic E-state index is -2.74. The first kappa shape index (κ1) is 20.5. The standard InChI is InChI=1S/C22H18F3N5OS/c23-12-6-8-30(11-12)13-4-5-14(16(10-13)19(24)25)20-27-17-3-1-2-15(18(17)28-20)21(31)29-22-26-7-9-32-22/h1-5,7,9-10,12,19H,6,8,11H2,(H,27,28)(H,26,29,31)/t12-/m0/s1. The molecule has 0 unspecified atom stereocenters. The van der Waals surface area contributed by atoms with Gasteiger partial charge in [-0.25, -0.2) is 23.1 Å². The number of aromatic nitrogens is 3. The van der Waals surface area contributed by atoms with Crippen molar-refractivity contribution < 1.29 is 18.0 Å². The third-order valence-electron chi connectivity index (χ3n) is 5.43. The van der Waals surface area contributed by atoms with E-state index in [9.17, 15) is 18.0 Å². The molecule has 0 saturated carbocycles. The van der Waals surface area contributed by atoms with Gasteiger partial charge in [0.05, 0.1) is 11.1 Å². The fourth-order valence-corrected chi connectivity index (χ4v) is 4.41. The maximum absolute atomic E-state index is 13.9. The number of halogens is 3. The van der Waals surface area contributed by atoms with Crippen molar-refractivity contribution in [1.82, 2.24) is 15.0 Å². The van der Waals surface area contributed by atoms with Crippen LogP contribution in [0.2, 0.25) is 0 Å². The summed E-state index contributed by atoms with van der Waals surface area (Å²) in [5.41, 5.74) is 1.83. The summed E-state index contributed by atoms with van der Waals surface area (Å²) < 4.78 is 41.4. The Labute approximate surface area is 185 Å². The minimum Gasteiger partial charge on any atom is -0.368 e. The van der Waals surface area contributed by atoms with Crippen LogP contribution in [0.4, 0.5) is 24.0 Å². The van der Waals surface area contributed by atoms with E-state index in [-0.39, 0.29) is 29.4 Å². The van der Waals surface area contributed by atoms with Gasteiger partial charge in [-0.05, 0) is 36.8 Å². The zero-order chi connectivity index (χ0) is 22.2. The molecule has 1 atom stereocenters. The van der Waals surface area contributed by atoms with Gasteiger partial charge in [0.2, 0.25) is 0 Å². The molecule has 1 saturated heterocycles.